The van der Waals surface area contributed by atoms with E-state index in [9.17, 15) is 10.7 Å². The van der Waals surface area contributed by atoms with Crippen molar-refractivity contribution in [3.05, 3.63) is 331 Å². The van der Waals surface area contributed by atoms with Crippen LogP contribution < -0.4 is 26.2 Å². The highest BCUT2D eigenvalue weighted by Crippen LogP contribution is 2.52. The van der Waals surface area contributed by atoms with E-state index >= 15 is 0 Å². The molecule has 0 unspecified atom stereocenters. The molecule has 107 heavy (non-hydrogen) atoms. The third-order valence-electron chi connectivity index (χ3n) is 22.1. The van der Waals surface area contributed by atoms with Crippen molar-refractivity contribution < 1.29 is 13.7 Å². The lowest BCUT2D eigenvalue weighted by Gasteiger charge is -2.45. The van der Waals surface area contributed by atoms with Crippen LogP contribution >= 0.6 is 0 Å². The first-order valence-electron chi connectivity index (χ1n) is 42.0. The molecule has 0 aliphatic carbocycles. The maximum Gasteiger partial charge on any atom is 0.252 e. The molecular formula is C101H86BN5. The second kappa shape index (κ2) is 25.0. The fraction of sp³-hybridized carbons (Fsp3) is 0.158. The molecule has 0 saturated heterocycles. The predicted octanol–water partition coefficient (Wildman–Crippen LogP) is 25.4. The number of para-hydroxylation sites is 2. The van der Waals surface area contributed by atoms with Crippen molar-refractivity contribution in [2.75, 3.05) is 9.80 Å². The summed E-state index contributed by atoms with van der Waals surface area (Å²) in [5.41, 5.74) is 22.4. The zero-order chi connectivity index (χ0) is 82.3. The Bertz CT molecular complexity index is 6770. The van der Waals surface area contributed by atoms with Gasteiger partial charge >= 0.3 is 0 Å². The SMILES string of the molecule is [2H]c1c([2H])c([2H])c(-c2ccc3c(c2)N(c2cc(-c4ccccc4)cc(-c4ccccc4-c4c([2H])c([2H])c([2H])c([2H])c4[2H])c2)c2cc(-c4cc(C(C)(C)C)cc(C(C)(C)C)c4)cc4c2B3c2ccc(-n3c5ccc(C(C)(C)C)cc5c5cc(C(C)(C)C)ccc53)cc2N4c2cc(-n3c4ccccc4c4ccccc43)ccc2C#N)c([2H])c1[2H]. The van der Waals surface area contributed by atoms with Gasteiger partial charge in [-0.2, -0.15) is 5.26 Å². The van der Waals surface area contributed by atoms with Crippen LogP contribution in [0.3, 0.4) is 0 Å². The second-order valence-corrected chi connectivity index (χ2v) is 33.0. The van der Waals surface area contributed by atoms with E-state index in [2.05, 4.69) is 278 Å². The highest BCUT2D eigenvalue weighted by molar-refractivity contribution is 7.00. The van der Waals surface area contributed by atoms with Crippen LogP contribution in [0.5, 0.6) is 0 Å². The maximum atomic E-state index is 12.1. The van der Waals surface area contributed by atoms with Gasteiger partial charge in [-0.3, -0.25) is 0 Å². The Kier molecular flexibility index (Phi) is 13.1. The third kappa shape index (κ3) is 11.4. The molecule has 0 amide bonds. The molecule has 14 aromatic carbocycles. The van der Waals surface area contributed by atoms with E-state index in [0.29, 0.717) is 44.9 Å². The summed E-state index contributed by atoms with van der Waals surface area (Å²) < 4.78 is 96.7. The van der Waals surface area contributed by atoms with Crippen molar-refractivity contribution in [1.82, 2.24) is 9.13 Å². The summed E-state index contributed by atoms with van der Waals surface area (Å²) in [6.45, 7) is 26.4. The zero-order valence-electron chi connectivity index (χ0n) is 72.4. The number of anilines is 6. The Hall–Kier alpha value is -12.2. The van der Waals surface area contributed by atoms with Crippen LogP contribution in [-0.2, 0) is 21.7 Å². The quantitative estimate of drug-likeness (QED) is 0.135. The van der Waals surface area contributed by atoms with E-state index in [1.54, 1.807) is 6.07 Å². The standard InChI is InChI=1S/C101H86BN5/c1-98(2,3)73-42-48-90-84(59-73)85-60-74(99(4,5)6)43-49-91(85)105(90)78-45-47-87-94(62-78)107(92-61-77(44-40-68(92)63-103)104-88-38-26-24-36-82(88)83-37-25-27-39-89(83)104)96-57-71(70-51-75(100(7,8)9)58-76(52-70)101(10,11)12)56-95-97(96)102(87)86-46-41-67(64-28-16-13-17-29-64)55-93(86)106(95)79-53-69(65-30-18-14-19-31-65)50-72(54-79)81-35-23-22-34-80(81)66-32-20-15-21-33-66/h13-62H,1-12H3/i13D,15D,16D,17D,20D,21D,28D,29D,32D,33D. The van der Waals surface area contributed by atoms with Crippen molar-refractivity contribution in [3.8, 4) is 73.1 Å². The third-order valence-corrected chi connectivity index (χ3v) is 22.1. The van der Waals surface area contributed by atoms with Gasteiger partial charge in [0, 0.05) is 61.4 Å². The average Bonchev–Trinajstić information content (AvgIpc) is 0.878. The minimum absolute atomic E-state index is 0.0337. The number of hydrogen-bond donors (Lipinski definition) is 0. The summed E-state index contributed by atoms with van der Waals surface area (Å²) in [6.07, 6.45) is 0. The van der Waals surface area contributed by atoms with Crippen LogP contribution in [0, 0.1) is 11.3 Å². The number of nitrogens with zero attached hydrogens (tertiary/aromatic N) is 5. The molecule has 18 rings (SSSR count). The lowest BCUT2D eigenvalue weighted by Crippen LogP contribution is -2.61. The molecule has 6 heteroatoms. The van der Waals surface area contributed by atoms with Crippen molar-refractivity contribution >= 4 is 101 Å². The van der Waals surface area contributed by atoms with Crippen molar-refractivity contribution in [3.63, 3.8) is 0 Å². The van der Waals surface area contributed by atoms with Gasteiger partial charge in [0.2, 0.25) is 0 Å². The largest absolute Gasteiger partial charge is 0.311 e. The van der Waals surface area contributed by atoms with Crippen LogP contribution in [-0.4, -0.2) is 15.8 Å². The summed E-state index contributed by atoms with van der Waals surface area (Å²) in [4.78, 5) is 4.59. The Labute approximate surface area is 644 Å². The molecule has 0 bridgehead atoms. The number of hydrogen-bond acceptors (Lipinski definition) is 3. The molecule has 5 nitrogen and oxygen atoms in total. The highest BCUT2D eigenvalue weighted by atomic mass is 15.2. The minimum Gasteiger partial charge on any atom is -0.311 e. The number of fused-ring (bicyclic) bond motifs is 10. The van der Waals surface area contributed by atoms with E-state index in [1.807, 2.05) is 66.7 Å². The lowest BCUT2D eigenvalue weighted by molar-refractivity contribution is 0.569. The number of aromatic nitrogens is 2. The lowest BCUT2D eigenvalue weighted by atomic mass is 9.33. The van der Waals surface area contributed by atoms with E-state index in [1.165, 1.54) is 11.1 Å². The van der Waals surface area contributed by atoms with Crippen LogP contribution in [0.2, 0.25) is 0 Å². The van der Waals surface area contributed by atoms with Crippen molar-refractivity contribution in [1.29, 1.82) is 5.26 Å². The summed E-state index contributed by atoms with van der Waals surface area (Å²) >= 11 is 0. The van der Waals surface area contributed by atoms with Crippen LogP contribution in [0.15, 0.2) is 303 Å². The van der Waals surface area contributed by atoms with Gasteiger partial charge in [-0.05, 0) is 219 Å². The normalized spacial score (nSPS) is 14.3. The summed E-state index contributed by atoms with van der Waals surface area (Å²) in [7, 11) is 0. The summed E-state index contributed by atoms with van der Waals surface area (Å²) in [5, 5.41) is 16.6. The van der Waals surface area contributed by atoms with Crippen LogP contribution in [0.1, 0.15) is 125 Å². The molecule has 4 heterocycles. The second-order valence-electron chi connectivity index (χ2n) is 33.0. The first-order chi connectivity index (χ1) is 55.7. The highest BCUT2D eigenvalue weighted by Gasteiger charge is 2.45. The molecule has 0 radical (unpaired) electrons. The molecule has 0 saturated carbocycles. The Balaban J connectivity index is 1.02. The average molecular weight is 1390 g/mol. The molecule has 16 aromatic rings. The van der Waals surface area contributed by atoms with Gasteiger partial charge in [-0.1, -0.05) is 283 Å². The van der Waals surface area contributed by atoms with Gasteiger partial charge in [0.15, 0.2) is 0 Å². The van der Waals surface area contributed by atoms with Gasteiger partial charge in [0.1, 0.15) is 6.07 Å². The predicted molar refractivity (Wildman–Crippen MR) is 456 cm³/mol. The van der Waals surface area contributed by atoms with Crippen molar-refractivity contribution in [2.24, 2.45) is 0 Å². The fourth-order valence-electron chi connectivity index (χ4n) is 16.4. The zero-order valence-corrected chi connectivity index (χ0v) is 62.4. The Morgan fingerprint density at radius 2 is 0.748 bits per heavy atom. The molecule has 0 N–H and O–H groups in total. The van der Waals surface area contributed by atoms with Crippen molar-refractivity contribution in [2.45, 2.75) is 105 Å². The van der Waals surface area contributed by atoms with Gasteiger partial charge in [-0.25, -0.2) is 0 Å². The number of nitriles is 1. The van der Waals surface area contributed by atoms with E-state index in [4.69, 9.17) is 8.22 Å². The van der Waals surface area contributed by atoms with Gasteiger partial charge in [0.25, 0.3) is 6.71 Å². The van der Waals surface area contributed by atoms with Gasteiger partial charge in [-0.15, -0.1) is 0 Å². The Morgan fingerprint density at radius 3 is 1.32 bits per heavy atom. The molecular weight excluding hydrogens is 1290 g/mol. The smallest absolute Gasteiger partial charge is 0.252 e. The molecule has 2 aromatic heterocycles. The summed E-state index contributed by atoms with van der Waals surface area (Å²) in [5.74, 6) is 0. The van der Waals surface area contributed by atoms with E-state index in [0.717, 1.165) is 122 Å². The first-order valence-corrected chi connectivity index (χ1v) is 37.0. The molecule has 518 valence electrons. The molecule has 0 fully saturated rings. The van der Waals surface area contributed by atoms with E-state index in [-0.39, 0.29) is 57.0 Å². The number of rotatable bonds is 9. The summed E-state index contributed by atoms with van der Waals surface area (Å²) in [6, 6.07) is 83.5. The maximum absolute atomic E-state index is 12.1. The van der Waals surface area contributed by atoms with E-state index < -0.39 is 43.0 Å². The molecule has 0 spiro atoms. The fourth-order valence-corrected chi connectivity index (χ4v) is 16.4. The van der Waals surface area contributed by atoms with Gasteiger partial charge < -0.3 is 18.9 Å². The topological polar surface area (TPSA) is 40.1 Å². The monoisotopic (exact) mass is 1390 g/mol. The molecule has 2 aliphatic heterocycles. The first kappa shape index (κ1) is 56.3. The molecule has 2 aliphatic rings. The minimum atomic E-state index is -0.606. The van der Waals surface area contributed by atoms with Crippen LogP contribution in [0.4, 0.5) is 34.1 Å². The van der Waals surface area contributed by atoms with Crippen LogP contribution in [0.25, 0.3) is 111 Å². The molecule has 0 atom stereocenters. The van der Waals surface area contributed by atoms with Gasteiger partial charge in [0.05, 0.1) is 47.0 Å². The Morgan fingerprint density at radius 1 is 0.299 bits per heavy atom. The number of benzene rings is 14.